The van der Waals surface area contributed by atoms with Crippen LogP contribution in [0.3, 0.4) is 0 Å². The molecular weight excluding hydrogens is 300 g/mol. The SMILES string of the molecule is COCCC1(CNC(=O)[C@@]23CCCC[C@H]2CNC3)CCC1.Cl. The smallest absolute Gasteiger partial charge is 0.227 e. The van der Waals surface area contributed by atoms with E-state index in [0.29, 0.717) is 17.2 Å². The minimum absolute atomic E-state index is 0. The zero-order chi connectivity index (χ0) is 14.8. The number of nitrogens with one attached hydrogen (secondary N) is 2. The lowest BCUT2D eigenvalue weighted by Crippen LogP contribution is -2.51. The molecule has 22 heavy (non-hydrogen) atoms. The van der Waals surface area contributed by atoms with E-state index < -0.39 is 0 Å². The molecule has 3 fully saturated rings. The summed E-state index contributed by atoms with van der Waals surface area (Å²) in [5.41, 5.74) is 0.211. The highest BCUT2D eigenvalue weighted by Gasteiger charge is 2.50. The van der Waals surface area contributed by atoms with Gasteiger partial charge in [-0.3, -0.25) is 4.79 Å². The van der Waals surface area contributed by atoms with Gasteiger partial charge in [0.2, 0.25) is 5.91 Å². The third-order valence-corrected chi connectivity index (χ3v) is 6.37. The van der Waals surface area contributed by atoms with Gasteiger partial charge in [0.15, 0.2) is 0 Å². The van der Waals surface area contributed by atoms with E-state index in [9.17, 15) is 4.79 Å². The number of methoxy groups -OCH3 is 1. The molecule has 0 aromatic carbocycles. The maximum Gasteiger partial charge on any atom is 0.227 e. The Morgan fingerprint density at radius 1 is 1.27 bits per heavy atom. The molecule has 4 nitrogen and oxygen atoms in total. The zero-order valence-electron chi connectivity index (χ0n) is 13.8. The predicted octanol–water partition coefficient (Wildman–Crippen LogP) is 2.51. The summed E-state index contributed by atoms with van der Waals surface area (Å²) in [7, 11) is 1.76. The van der Waals surface area contributed by atoms with Crippen molar-refractivity contribution in [3.05, 3.63) is 0 Å². The molecule has 3 aliphatic rings. The third-order valence-electron chi connectivity index (χ3n) is 6.37. The average Bonchev–Trinajstić information content (AvgIpc) is 2.90. The fourth-order valence-electron chi connectivity index (χ4n) is 4.64. The summed E-state index contributed by atoms with van der Waals surface area (Å²) in [4.78, 5) is 12.9. The van der Waals surface area contributed by atoms with Crippen LogP contribution in [-0.4, -0.2) is 39.3 Å². The van der Waals surface area contributed by atoms with Gasteiger partial charge in [0.05, 0.1) is 5.41 Å². The van der Waals surface area contributed by atoms with Gasteiger partial charge in [-0.2, -0.15) is 0 Å². The van der Waals surface area contributed by atoms with Gasteiger partial charge >= 0.3 is 0 Å². The van der Waals surface area contributed by atoms with E-state index >= 15 is 0 Å². The van der Waals surface area contributed by atoms with Gasteiger partial charge < -0.3 is 15.4 Å². The maximum atomic E-state index is 12.9. The molecule has 3 rings (SSSR count). The summed E-state index contributed by atoms with van der Waals surface area (Å²) in [6.07, 6.45) is 9.65. The number of fused-ring (bicyclic) bond motifs is 1. The van der Waals surface area contributed by atoms with Crippen LogP contribution in [0.15, 0.2) is 0 Å². The highest BCUT2D eigenvalue weighted by atomic mass is 35.5. The van der Waals surface area contributed by atoms with E-state index in [1.807, 2.05) is 0 Å². The summed E-state index contributed by atoms with van der Waals surface area (Å²) in [6, 6.07) is 0. The molecule has 2 aliphatic carbocycles. The molecule has 0 bridgehead atoms. The highest BCUT2D eigenvalue weighted by molar-refractivity contribution is 5.85. The summed E-state index contributed by atoms with van der Waals surface area (Å²) in [5.74, 6) is 0.878. The van der Waals surface area contributed by atoms with E-state index in [2.05, 4.69) is 10.6 Å². The lowest BCUT2D eigenvalue weighted by Gasteiger charge is -2.44. The molecule has 128 valence electrons. The van der Waals surface area contributed by atoms with Gasteiger partial charge in [-0.15, -0.1) is 12.4 Å². The lowest BCUT2D eigenvalue weighted by molar-refractivity contribution is -0.135. The van der Waals surface area contributed by atoms with Crippen molar-refractivity contribution in [1.29, 1.82) is 0 Å². The first-order valence-corrected chi connectivity index (χ1v) is 8.69. The minimum Gasteiger partial charge on any atom is -0.385 e. The van der Waals surface area contributed by atoms with Crippen molar-refractivity contribution in [2.75, 3.05) is 33.4 Å². The van der Waals surface area contributed by atoms with Crippen LogP contribution < -0.4 is 10.6 Å². The van der Waals surface area contributed by atoms with Gasteiger partial charge in [0.1, 0.15) is 0 Å². The monoisotopic (exact) mass is 330 g/mol. The Labute approximate surface area is 140 Å². The Morgan fingerprint density at radius 2 is 2.09 bits per heavy atom. The number of hydrogen-bond acceptors (Lipinski definition) is 3. The van der Waals surface area contributed by atoms with Gasteiger partial charge in [0.25, 0.3) is 0 Å². The molecule has 0 unspecified atom stereocenters. The quantitative estimate of drug-likeness (QED) is 0.786. The van der Waals surface area contributed by atoms with Crippen molar-refractivity contribution in [3.8, 4) is 0 Å². The Bertz CT molecular complexity index is 387. The van der Waals surface area contributed by atoms with Crippen LogP contribution in [-0.2, 0) is 9.53 Å². The molecule has 2 saturated carbocycles. The van der Waals surface area contributed by atoms with Gasteiger partial charge in [-0.05, 0) is 50.0 Å². The molecule has 1 saturated heterocycles. The number of amides is 1. The van der Waals surface area contributed by atoms with Crippen LogP contribution in [0.4, 0.5) is 0 Å². The minimum atomic E-state index is -0.107. The molecule has 1 amide bonds. The van der Waals surface area contributed by atoms with Gasteiger partial charge in [-0.25, -0.2) is 0 Å². The van der Waals surface area contributed by atoms with Crippen molar-refractivity contribution in [2.45, 2.75) is 51.4 Å². The van der Waals surface area contributed by atoms with E-state index in [0.717, 1.165) is 39.1 Å². The number of carbonyl (C=O) groups is 1. The van der Waals surface area contributed by atoms with E-state index in [1.54, 1.807) is 7.11 Å². The van der Waals surface area contributed by atoms with E-state index in [1.165, 1.54) is 38.5 Å². The highest BCUT2D eigenvalue weighted by Crippen LogP contribution is 2.46. The van der Waals surface area contributed by atoms with Crippen molar-refractivity contribution >= 4 is 18.3 Å². The first-order valence-electron chi connectivity index (χ1n) is 8.69. The second-order valence-corrected chi connectivity index (χ2v) is 7.51. The first-order chi connectivity index (χ1) is 10.2. The zero-order valence-corrected chi connectivity index (χ0v) is 14.6. The van der Waals surface area contributed by atoms with Crippen molar-refractivity contribution in [1.82, 2.24) is 10.6 Å². The van der Waals surface area contributed by atoms with Crippen LogP contribution in [0.25, 0.3) is 0 Å². The fourth-order valence-corrected chi connectivity index (χ4v) is 4.64. The van der Waals surface area contributed by atoms with Crippen molar-refractivity contribution in [2.24, 2.45) is 16.7 Å². The molecule has 1 aliphatic heterocycles. The molecule has 0 aromatic rings. The van der Waals surface area contributed by atoms with Crippen molar-refractivity contribution < 1.29 is 9.53 Å². The number of hydrogen-bond donors (Lipinski definition) is 2. The van der Waals surface area contributed by atoms with Crippen LogP contribution >= 0.6 is 12.4 Å². The molecule has 0 aromatic heterocycles. The Balaban J connectivity index is 0.00000176. The molecular formula is C17H31ClN2O2. The van der Waals surface area contributed by atoms with Gasteiger partial charge in [0, 0.05) is 26.8 Å². The normalized spacial score (nSPS) is 32.5. The molecule has 5 heteroatoms. The topological polar surface area (TPSA) is 50.4 Å². The van der Waals surface area contributed by atoms with Crippen LogP contribution in [0.1, 0.15) is 51.4 Å². The molecule has 1 heterocycles. The molecule has 2 N–H and O–H groups in total. The van der Waals surface area contributed by atoms with Crippen molar-refractivity contribution in [3.63, 3.8) is 0 Å². The van der Waals surface area contributed by atoms with Gasteiger partial charge in [-0.1, -0.05) is 19.3 Å². The standard InChI is InChI=1S/C17H30N2O2.ClH/c1-21-10-9-16(6-4-7-16)12-19-15(20)17-8-3-2-5-14(17)11-18-13-17;/h14,18H,2-13H2,1H3,(H,19,20);1H/t14-,17+;/m0./s1. The summed E-state index contributed by atoms with van der Waals surface area (Å²) >= 11 is 0. The van der Waals surface area contributed by atoms with E-state index in [4.69, 9.17) is 4.74 Å². The number of halogens is 1. The molecule has 2 atom stereocenters. The number of ether oxygens (including phenoxy) is 1. The second-order valence-electron chi connectivity index (χ2n) is 7.51. The first kappa shape index (κ1) is 18.0. The van der Waals surface area contributed by atoms with Crippen LogP contribution in [0.5, 0.6) is 0 Å². The summed E-state index contributed by atoms with van der Waals surface area (Å²) in [6.45, 7) is 3.58. The van der Waals surface area contributed by atoms with E-state index in [-0.39, 0.29) is 17.8 Å². The molecule has 0 spiro atoms. The Kier molecular flexibility index (Phi) is 6.14. The predicted molar refractivity (Wildman–Crippen MR) is 90.3 cm³/mol. The molecule has 0 radical (unpaired) electrons. The lowest BCUT2D eigenvalue weighted by atomic mass is 9.65. The third kappa shape index (κ3) is 3.29. The Morgan fingerprint density at radius 3 is 2.77 bits per heavy atom. The fraction of sp³-hybridized carbons (Fsp3) is 0.941. The average molecular weight is 331 g/mol. The number of carbonyl (C=O) groups excluding carboxylic acids is 1. The second kappa shape index (κ2) is 7.50. The summed E-state index contributed by atoms with van der Waals surface area (Å²) < 4.78 is 5.24. The maximum absolute atomic E-state index is 12.9. The summed E-state index contributed by atoms with van der Waals surface area (Å²) in [5, 5.41) is 6.80. The van der Waals surface area contributed by atoms with Crippen LogP contribution in [0, 0.1) is 16.7 Å². The van der Waals surface area contributed by atoms with Crippen LogP contribution in [0.2, 0.25) is 0 Å². The largest absolute Gasteiger partial charge is 0.385 e. The Hall–Kier alpha value is -0.320. The number of rotatable bonds is 6.